The third-order valence-corrected chi connectivity index (χ3v) is 4.65. The molecular weight excluding hydrogens is 238 g/mol. The van der Waals surface area contributed by atoms with Gasteiger partial charge in [0, 0.05) is 12.0 Å². The van der Waals surface area contributed by atoms with Crippen LogP contribution in [0.5, 0.6) is 5.75 Å². The lowest BCUT2D eigenvalue weighted by molar-refractivity contribution is 0.0972. The molecule has 3 heteroatoms. The smallest absolute Gasteiger partial charge is 0.119 e. The van der Waals surface area contributed by atoms with Crippen molar-refractivity contribution in [3.05, 3.63) is 29.3 Å². The molecule has 1 aromatic carbocycles. The van der Waals surface area contributed by atoms with Crippen LogP contribution >= 0.6 is 0 Å². The van der Waals surface area contributed by atoms with Gasteiger partial charge in [0.15, 0.2) is 0 Å². The number of benzene rings is 1. The highest BCUT2D eigenvalue weighted by atomic mass is 16.5. The second-order valence-corrected chi connectivity index (χ2v) is 5.79. The highest BCUT2D eigenvalue weighted by Gasteiger charge is 2.36. The maximum absolute atomic E-state index is 10.6. The van der Waals surface area contributed by atoms with Gasteiger partial charge in [-0.1, -0.05) is 18.9 Å². The van der Waals surface area contributed by atoms with E-state index < -0.39 is 0 Å². The topological polar surface area (TPSA) is 41.5 Å². The predicted molar refractivity (Wildman–Crippen MR) is 75.4 cm³/mol. The molecule has 1 aliphatic carbocycles. The van der Waals surface area contributed by atoms with Gasteiger partial charge in [-0.3, -0.25) is 0 Å². The van der Waals surface area contributed by atoms with E-state index in [2.05, 4.69) is 11.4 Å². The number of hydrogen-bond donors (Lipinski definition) is 2. The van der Waals surface area contributed by atoms with Gasteiger partial charge in [0.1, 0.15) is 5.75 Å². The van der Waals surface area contributed by atoms with Crippen LogP contribution in [0.25, 0.3) is 0 Å². The quantitative estimate of drug-likeness (QED) is 0.859. The molecule has 0 aromatic heterocycles. The van der Waals surface area contributed by atoms with E-state index in [1.54, 1.807) is 7.11 Å². The fourth-order valence-corrected chi connectivity index (χ4v) is 3.54. The van der Waals surface area contributed by atoms with Crippen molar-refractivity contribution in [1.29, 1.82) is 0 Å². The molecule has 1 aromatic rings. The SMILES string of the molecule is COc1ccc2c(c1)C(O)C(C1CCCCCN1)C2. The summed E-state index contributed by atoms with van der Waals surface area (Å²) in [5.74, 6) is 1.16. The highest BCUT2D eigenvalue weighted by molar-refractivity contribution is 5.41. The second kappa shape index (κ2) is 5.51. The lowest BCUT2D eigenvalue weighted by atomic mass is 9.91. The molecule has 0 saturated carbocycles. The maximum Gasteiger partial charge on any atom is 0.119 e. The minimum Gasteiger partial charge on any atom is -0.497 e. The molecule has 104 valence electrons. The van der Waals surface area contributed by atoms with Crippen molar-refractivity contribution in [3.8, 4) is 5.75 Å². The Kier molecular flexibility index (Phi) is 3.76. The Hall–Kier alpha value is -1.06. The summed E-state index contributed by atoms with van der Waals surface area (Å²) in [5.41, 5.74) is 2.35. The van der Waals surface area contributed by atoms with Gasteiger partial charge in [0.2, 0.25) is 0 Å². The first-order valence-electron chi connectivity index (χ1n) is 7.38. The zero-order valence-corrected chi connectivity index (χ0v) is 11.6. The van der Waals surface area contributed by atoms with Crippen LogP contribution < -0.4 is 10.1 Å². The largest absolute Gasteiger partial charge is 0.497 e. The van der Waals surface area contributed by atoms with Crippen LogP contribution in [0.1, 0.15) is 42.9 Å². The Balaban J connectivity index is 1.79. The summed E-state index contributed by atoms with van der Waals surface area (Å²) in [6.07, 6.45) is 5.68. The van der Waals surface area contributed by atoms with Gasteiger partial charge < -0.3 is 15.2 Å². The third-order valence-electron chi connectivity index (χ3n) is 4.65. The van der Waals surface area contributed by atoms with Crippen LogP contribution in [0.4, 0.5) is 0 Å². The van der Waals surface area contributed by atoms with E-state index in [0.717, 1.165) is 24.3 Å². The van der Waals surface area contributed by atoms with E-state index in [9.17, 15) is 5.11 Å². The zero-order valence-electron chi connectivity index (χ0n) is 11.6. The summed E-state index contributed by atoms with van der Waals surface area (Å²) >= 11 is 0. The summed E-state index contributed by atoms with van der Waals surface area (Å²) in [5, 5.41) is 14.2. The Bertz CT molecular complexity index is 438. The molecule has 3 unspecified atom stereocenters. The fraction of sp³-hybridized carbons (Fsp3) is 0.625. The van der Waals surface area contributed by atoms with Crippen LogP contribution in [0.2, 0.25) is 0 Å². The van der Waals surface area contributed by atoms with Crippen LogP contribution in [0.15, 0.2) is 18.2 Å². The van der Waals surface area contributed by atoms with Crippen LogP contribution in [0.3, 0.4) is 0 Å². The molecule has 1 aliphatic heterocycles. The van der Waals surface area contributed by atoms with Crippen molar-refractivity contribution in [2.75, 3.05) is 13.7 Å². The Labute approximate surface area is 115 Å². The molecule has 3 atom stereocenters. The summed E-state index contributed by atoms with van der Waals surface area (Å²) in [7, 11) is 1.67. The molecule has 0 bridgehead atoms. The first kappa shape index (κ1) is 12.9. The van der Waals surface area contributed by atoms with E-state index >= 15 is 0 Å². The predicted octanol–water partition coefficient (Wildman–Crippen LogP) is 2.43. The molecule has 1 heterocycles. The lowest BCUT2D eigenvalue weighted by Gasteiger charge is -2.26. The molecule has 0 radical (unpaired) electrons. The van der Waals surface area contributed by atoms with E-state index in [1.165, 1.54) is 31.2 Å². The Morgan fingerprint density at radius 2 is 2.16 bits per heavy atom. The van der Waals surface area contributed by atoms with Crippen LogP contribution in [-0.2, 0) is 6.42 Å². The van der Waals surface area contributed by atoms with Gasteiger partial charge in [-0.25, -0.2) is 0 Å². The minimum atomic E-state index is -0.347. The van der Waals surface area contributed by atoms with Crippen molar-refractivity contribution >= 4 is 0 Å². The molecule has 19 heavy (non-hydrogen) atoms. The number of fused-ring (bicyclic) bond motifs is 1. The van der Waals surface area contributed by atoms with Crippen molar-refractivity contribution < 1.29 is 9.84 Å². The highest BCUT2D eigenvalue weighted by Crippen LogP contribution is 2.40. The summed E-state index contributed by atoms with van der Waals surface area (Å²) in [6.45, 7) is 1.09. The average Bonchev–Trinajstić information content (AvgIpc) is 2.64. The molecule has 1 fully saturated rings. The number of ether oxygens (including phenoxy) is 1. The molecule has 0 spiro atoms. The van der Waals surface area contributed by atoms with E-state index in [-0.39, 0.29) is 6.10 Å². The Morgan fingerprint density at radius 3 is 3.00 bits per heavy atom. The molecule has 3 nitrogen and oxygen atoms in total. The molecule has 0 amide bonds. The third kappa shape index (κ3) is 2.49. The molecule has 2 aliphatic rings. The van der Waals surface area contributed by atoms with Gasteiger partial charge in [0.05, 0.1) is 13.2 Å². The molecule has 3 rings (SSSR count). The number of rotatable bonds is 2. The minimum absolute atomic E-state index is 0.320. The summed E-state index contributed by atoms with van der Waals surface area (Å²) in [6, 6.07) is 6.55. The fourth-order valence-electron chi connectivity index (χ4n) is 3.54. The first-order valence-corrected chi connectivity index (χ1v) is 7.38. The number of aliphatic hydroxyl groups excluding tert-OH is 1. The molecule has 1 saturated heterocycles. The molecule has 2 N–H and O–H groups in total. The number of hydrogen-bond acceptors (Lipinski definition) is 3. The second-order valence-electron chi connectivity index (χ2n) is 5.79. The standard InChI is InChI=1S/C16H23NO2/c1-19-12-7-6-11-9-14(16(18)13(11)10-12)15-5-3-2-4-8-17-15/h6-7,10,14-18H,2-5,8-9H2,1H3. The number of methoxy groups -OCH3 is 1. The van der Waals surface area contributed by atoms with Crippen molar-refractivity contribution in [2.45, 2.75) is 44.2 Å². The number of aliphatic hydroxyl groups is 1. The van der Waals surface area contributed by atoms with Crippen molar-refractivity contribution in [1.82, 2.24) is 5.32 Å². The Morgan fingerprint density at radius 1 is 1.26 bits per heavy atom. The van der Waals surface area contributed by atoms with Crippen molar-refractivity contribution in [3.63, 3.8) is 0 Å². The molecular formula is C16H23NO2. The average molecular weight is 261 g/mol. The first-order chi connectivity index (χ1) is 9.29. The normalized spacial score (nSPS) is 30.7. The van der Waals surface area contributed by atoms with Crippen LogP contribution in [-0.4, -0.2) is 24.8 Å². The van der Waals surface area contributed by atoms with E-state index in [0.29, 0.717) is 12.0 Å². The maximum atomic E-state index is 10.6. The zero-order chi connectivity index (χ0) is 13.2. The van der Waals surface area contributed by atoms with Gasteiger partial charge in [-0.2, -0.15) is 0 Å². The van der Waals surface area contributed by atoms with E-state index in [4.69, 9.17) is 4.74 Å². The lowest BCUT2D eigenvalue weighted by Crippen LogP contribution is -2.37. The number of nitrogens with one attached hydrogen (secondary N) is 1. The monoisotopic (exact) mass is 261 g/mol. The van der Waals surface area contributed by atoms with E-state index in [1.807, 2.05) is 12.1 Å². The van der Waals surface area contributed by atoms with Crippen LogP contribution in [0, 0.1) is 5.92 Å². The summed E-state index contributed by atoms with van der Waals surface area (Å²) in [4.78, 5) is 0. The van der Waals surface area contributed by atoms with Gasteiger partial charge in [-0.15, -0.1) is 0 Å². The van der Waals surface area contributed by atoms with Gasteiger partial charge in [0.25, 0.3) is 0 Å². The van der Waals surface area contributed by atoms with Gasteiger partial charge in [-0.05, 0) is 49.1 Å². The van der Waals surface area contributed by atoms with Gasteiger partial charge >= 0.3 is 0 Å². The summed E-state index contributed by atoms with van der Waals surface area (Å²) < 4.78 is 5.26. The van der Waals surface area contributed by atoms with Crippen molar-refractivity contribution in [2.24, 2.45) is 5.92 Å².